The Bertz CT molecular complexity index is 1320. The fourth-order valence-corrected chi connectivity index (χ4v) is 3.60. The first-order valence-corrected chi connectivity index (χ1v) is 9.40. The number of benzene rings is 2. The molecule has 5 nitrogen and oxygen atoms in total. The van der Waals surface area contributed by atoms with Crippen LogP contribution in [0, 0.1) is 6.92 Å². The van der Waals surface area contributed by atoms with Crippen molar-refractivity contribution in [3.05, 3.63) is 75.7 Å². The van der Waals surface area contributed by atoms with Crippen molar-refractivity contribution in [1.29, 1.82) is 0 Å². The molecule has 2 aromatic carbocycles. The molecule has 4 rings (SSSR count). The predicted molar refractivity (Wildman–Crippen MR) is 117 cm³/mol. The molecule has 0 radical (unpaired) electrons. The second-order valence-electron chi connectivity index (χ2n) is 6.92. The van der Waals surface area contributed by atoms with Gasteiger partial charge in [-0.1, -0.05) is 35.0 Å². The van der Waals surface area contributed by atoms with Gasteiger partial charge in [-0.3, -0.25) is 4.79 Å². The van der Waals surface area contributed by atoms with Crippen LogP contribution in [-0.2, 0) is 0 Å². The highest BCUT2D eigenvalue weighted by Crippen LogP contribution is 2.41. The average molecular weight is 407 g/mol. The predicted octanol–water partition coefficient (Wildman–Crippen LogP) is 5.85. The second-order valence-corrected chi connectivity index (χ2v) is 7.36. The Morgan fingerprint density at radius 3 is 2.62 bits per heavy atom. The summed E-state index contributed by atoms with van der Waals surface area (Å²) in [5, 5.41) is 5.29. The van der Waals surface area contributed by atoms with Gasteiger partial charge in [0.05, 0.1) is 18.4 Å². The number of allylic oxidation sites excluding steroid dienone is 1. The van der Waals surface area contributed by atoms with E-state index in [4.69, 9.17) is 20.9 Å². The molecule has 0 aliphatic rings. The van der Waals surface area contributed by atoms with Crippen LogP contribution in [0.3, 0.4) is 0 Å². The number of aromatic nitrogens is 2. The molecular formula is C23H19ClN2O3. The minimum Gasteiger partial charge on any atom is -0.496 e. The summed E-state index contributed by atoms with van der Waals surface area (Å²) in [6.07, 6.45) is 0. The van der Waals surface area contributed by atoms with Crippen LogP contribution >= 0.6 is 11.6 Å². The fraction of sp³-hybridized carbons (Fsp3) is 0.130. The van der Waals surface area contributed by atoms with Gasteiger partial charge in [0.2, 0.25) is 0 Å². The van der Waals surface area contributed by atoms with Crippen molar-refractivity contribution in [3.63, 3.8) is 0 Å². The number of aryl methyl sites for hydroxylation is 1. The zero-order chi connectivity index (χ0) is 20.7. The van der Waals surface area contributed by atoms with Crippen molar-refractivity contribution < 1.29 is 9.26 Å². The second kappa shape index (κ2) is 7.26. The lowest BCUT2D eigenvalue weighted by molar-refractivity contribution is 0.416. The van der Waals surface area contributed by atoms with E-state index in [-0.39, 0.29) is 5.56 Å². The normalized spacial score (nSPS) is 11.0. The van der Waals surface area contributed by atoms with E-state index in [0.29, 0.717) is 38.9 Å². The van der Waals surface area contributed by atoms with Gasteiger partial charge in [0.15, 0.2) is 5.76 Å². The number of nitrogens with zero attached hydrogens (tertiary/aromatic N) is 1. The molecule has 1 N–H and O–H groups in total. The highest BCUT2D eigenvalue weighted by molar-refractivity contribution is 6.31. The van der Waals surface area contributed by atoms with Crippen LogP contribution in [0.4, 0.5) is 0 Å². The lowest BCUT2D eigenvalue weighted by Gasteiger charge is -2.16. The van der Waals surface area contributed by atoms with E-state index in [1.54, 1.807) is 32.2 Å². The summed E-state index contributed by atoms with van der Waals surface area (Å²) >= 11 is 6.30. The molecule has 0 atom stereocenters. The maximum atomic E-state index is 13.1. The van der Waals surface area contributed by atoms with E-state index >= 15 is 0 Å². The number of pyridine rings is 1. The molecule has 6 heteroatoms. The van der Waals surface area contributed by atoms with Crippen LogP contribution in [-0.4, -0.2) is 17.3 Å². The number of hydrogen-bond acceptors (Lipinski definition) is 4. The largest absolute Gasteiger partial charge is 0.496 e. The number of ether oxygens (including phenoxy) is 1. The smallest absolute Gasteiger partial charge is 0.260 e. The Kier molecular flexibility index (Phi) is 4.76. The number of fused-ring (bicyclic) bond motifs is 1. The third kappa shape index (κ3) is 3.34. The van der Waals surface area contributed by atoms with Crippen LogP contribution in [0.15, 0.2) is 58.4 Å². The van der Waals surface area contributed by atoms with Crippen LogP contribution in [0.1, 0.15) is 18.2 Å². The van der Waals surface area contributed by atoms with Crippen molar-refractivity contribution in [2.24, 2.45) is 0 Å². The quantitative estimate of drug-likeness (QED) is 0.461. The summed E-state index contributed by atoms with van der Waals surface area (Å²) in [7, 11) is 1.60. The van der Waals surface area contributed by atoms with Crippen molar-refractivity contribution in [2.75, 3.05) is 7.11 Å². The van der Waals surface area contributed by atoms with Gasteiger partial charge in [0.1, 0.15) is 5.75 Å². The highest BCUT2D eigenvalue weighted by atomic mass is 35.5. The zero-order valence-corrected chi connectivity index (χ0v) is 17.1. The van der Waals surface area contributed by atoms with Gasteiger partial charge < -0.3 is 14.2 Å². The minimum absolute atomic E-state index is 0.284. The number of rotatable bonds is 4. The summed E-state index contributed by atoms with van der Waals surface area (Å²) in [4.78, 5) is 16.0. The Morgan fingerprint density at radius 1 is 1.17 bits per heavy atom. The van der Waals surface area contributed by atoms with Crippen molar-refractivity contribution in [3.8, 4) is 28.2 Å². The molecule has 2 heterocycles. The van der Waals surface area contributed by atoms with Crippen LogP contribution in [0.25, 0.3) is 38.9 Å². The van der Waals surface area contributed by atoms with E-state index in [2.05, 4.69) is 16.7 Å². The van der Waals surface area contributed by atoms with Gasteiger partial charge >= 0.3 is 0 Å². The maximum absolute atomic E-state index is 13.1. The maximum Gasteiger partial charge on any atom is 0.260 e. The number of halogens is 1. The molecule has 4 aromatic rings. The molecule has 0 fully saturated rings. The van der Waals surface area contributed by atoms with Gasteiger partial charge in [-0.15, -0.1) is 0 Å². The van der Waals surface area contributed by atoms with Gasteiger partial charge in [-0.2, -0.15) is 0 Å². The molecule has 2 aromatic heterocycles. The first-order valence-electron chi connectivity index (χ1n) is 9.02. The molecule has 0 saturated heterocycles. The first kappa shape index (κ1) is 19.0. The highest BCUT2D eigenvalue weighted by Gasteiger charge is 2.22. The van der Waals surface area contributed by atoms with E-state index in [9.17, 15) is 4.79 Å². The number of hydrogen-bond donors (Lipinski definition) is 1. The molecular weight excluding hydrogens is 388 g/mol. The van der Waals surface area contributed by atoms with E-state index < -0.39 is 0 Å². The summed E-state index contributed by atoms with van der Waals surface area (Å²) in [5.41, 5.74) is 4.69. The SMILES string of the molecule is C=C(C)c1ccc(OC)c(-c2c(-c3cc(C)no3)c(=O)[nH]c3ccc(Cl)cc23)c1. The Balaban J connectivity index is 2.21. The number of nitrogens with one attached hydrogen (secondary N) is 1. The van der Waals surface area contributed by atoms with Gasteiger partial charge in [-0.25, -0.2) is 0 Å². The minimum atomic E-state index is -0.284. The van der Waals surface area contributed by atoms with Gasteiger partial charge in [-0.05, 0) is 49.7 Å². The first-order chi connectivity index (χ1) is 13.9. The molecule has 0 aliphatic heterocycles. The average Bonchev–Trinajstić information content (AvgIpc) is 3.12. The molecule has 0 aliphatic carbocycles. The molecule has 29 heavy (non-hydrogen) atoms. The van der Waals surface area contributed by atoms with Gasteiger partial charge in [0.25, 0.3) is 5.56 Å². The Morgan fingerprint density at radius 2 is 1.97 bits per heavy atom. The summed E-state index contributed by atoms with van der Waals surface area (Å²) in [6.45, 7) is 7.77. The standard InChI is InChI=1S/C23H19ClN2O3/c1-12(2)14-5-8-19(28-4)17(10-14)21-16-11-15(24)6-7-18(16)25-23(27)22(21)20-9-13(3)26-29-20/h5-11H,1H2,2-4H3,(H,25,27). The lowest BCUT2D eigenvalue weighted by atomic mass is 9.92. The molecule has 0 unspecified atom stereocenters. The monoisotopic (exact) mass is 406 g/mol. The fourth-order valence-electron chi connectivity index (χ4n) is 3.43. The third-order valence-electron chi connectivity index (χ3n) is 4.81. The van der Waals surface area contributed by atoms with E-state index in [1.165, 1.54) is 0 Å². The van der Waals surface area contributed by atoms with Gasteiger partial charge in [0, 0.05) is 33.1 Å². The number of aromatic amines is 1. The van der Waals surface area contributed by atoms with Crippen molar-refractivity contribution in [1.82, 2.24) is 10.1 Å². The Labute approximate surface area is 172 Å². The Hall–Kier alpha value is -3.31. The summed E-state index contributed by atoms with van der Waals surface area (Å²) in [6, 6.07) is 12.8. The van der Waals surface area contributed by atoms with E-state index in [1.807, 2.05) is 31.2 Å². The van der Waals surface area contributed by atoms with Crippen LogP contribution in [0.5, 0.6) is 5.75 Å². The summed E-state index contributed by atoms with van der Waals surface area (Å²) < 4.78 is 11.1. The summed E-state index contributed by atoms with van der Waals surface area (Å²) in [5.74, 6) is 1.00. The van der Waals surface area contributed by atoms with Crippen molar-refractivity contribution >= 4 is 28.1 Å². The molecule has 0 spiro atoms. The number of H-pyrrole nitrogens is 1. The lowest BCUT2D eigenvalue weighted by Crippen LogP contribution is -2.11. The molecule has 0 saturated carbocycles. The zero-order valence-electron chi connectivity index (χ0n) is 16.3. The van der Waals surface area contributed by atoms with E-state index in [0.717, 1.165) is 22.1 Å². The van der Waals surface area contributed by atoms with Crippen LogP contribution in [0.2, 0.25) is 5.02 Å². The number of methoxy groups -OCH3 is 1. The van der Waals surface area contributed by atoms with Crippen molar-refractivity contribution in [2.45, 2.75) is 13.8 Å². The molecule has 146 valence electrons. The topological polar surface area (TPSA) is 68.1 Å². The molecule has 0 amide bonds. The van der Waals surface area contributed by atoms with Crippen LogP contribution < -0.4 is 10.3 Å². The molecule has 0 bridgehead atoms. The third-order valence-corrected chi connectivity index (χ3v) is 5.05.